The van der Waals surface area contributed by atoms with Gasteiger partial charge in [0.15, 0.2) is 15.8 Å². The smallest absolute Gasteiger partial charge is 0.189 e. The van der Waals surface area contributed by atoms with Crippen molar-refractivity contribution >= 4 is 44.0 Å². The molecule has 1 aromatic carbocycles. The number of aromatic nitrogens is 4. The highest BCUT2D eigenvalue weighted by Crippen LogP contribution is 2.33. The third-order valence-electron chi connectivity index (χ3n) is 4.01. The first-order valence-corrected chi connectivity index (χ1v) is 9.07. The first-order chi connectivity index (χ1) is 12.6. The average molecular weight is 362 g/mol. The molecule has 4 rings (SSSR count). The molecule has 0 saturated carbocycles. The molecule has 6 nitrogen and oxygen atoms in total. The Morgan fingerprint density at radius 3 is 2.42 bits per heavy atom. The Bertz CT molecular complexity index is 1050. The molecule has 0 saturated heterocycles. The van der Waals surface area contributed by atoms with Crippen LogP contribution in [0.2, 0.25) is 0 Å². The number of fused-ring (bicyclic) bond motifs is 1. The molecule has 2 N–H and O–H groups in total. The molecular formula is C19H18N6S. The average Bonchev–Trinajstić information content (AvgIpc) is 3.02. The highest BCUT2D eigenvalue weighted by Gasteiger charge is 2.14. The fraction of sp³-hybridized carbons (Fsp3) is 0.158. The predicted molar refractivity (Wildman–Crippen MR) is 107 cm³/mol. The Kier molecular flexibility index (Phi) is 4.22. The molecule has 0 aliphatic rings. The van der Waals surface area contributed by atoms with Crippen molar-refractivity contribution < 1.29 is 0 Å². The van der Waals surface area contributed by atoms with E-state index in [-0.39, 0.29) is 0 Å². The molecule has 0 amide bonds. The molecule has 3 aromatic heterocycles. The number of thiazole rings is 1. The number of nitrogens with one attached hydrogen (secondary N) is 2. The van der Waals surface area contributed by atoms with Gasteiger partial charge in [-0.2, -0.15) is 0 Å². The Morgan fingerprint density at radius 2 is 1.69 bits per heavy atom. The molecule has 0 bridgehead atoms. The third kappa shape index (κ3) is 3.21. The van der Waals surface area contributed by atoms with Crippen molar-refractivity contribution in [2.75, 3.05) is 10.6 Å². The summed E-state index contributed by atoms with van der Waals surface area (Å²) >= 11 is 1.52. The lowest BCUT2D eigenvalue weighted by Crippen LogP contribution is -1.99. The summed E-state index contributed by atoms with van der Waals surface area (Å²) < 4.78 is 0. The fourth-order valence-electron chi connectivity index (χ4n) is 2.76. The van der Waals surface area contributed by atoms with Gasteiger partial charge < -0.3 is 10.6 Å². The van der Waals surface area contributed by atoms with Crippen LogP contribution in [0, 0.1) is 20.8 Å². The summed E-state index contributed by atoms with van der Waals surface area (Å²) in [5, 5.41) is 7.53. The monoisotopic (exact) mass is 362 g/mol. The van der Waals surface area contributed by atoms with Crippen LogP contribution in [0.4, 0.5) is 22.3 Å². The predicted octanol–water partition coefficient (Wildman–Crippen LogP) is 4.89. The van der Waals surface area contributed by atoms with Gasteiger partial charge in [0.2, 0.25) is 0 Å². The largest absolute Gasteiger partial charge is 0.337 e. The summed E-state index contributed by atoms with van der Waals surface area (Å²) in [6.07, 6.45) is 3.49. The van der Waals surface area contributed by atoms with E-state index in [0.29, 0.717) is 11.6 Å². The van der Waals surface area contributed by atoms with E-state index in [4.69, 9.17) is 4.98 Å². The van der Waals surface area contributed by atoms with Crippen molar-refractivity contribution in [3.05, 3.63) is 59.7 Å². The van der Waals surface area contributed by atoms with Crippen LogP contribution >= 0.6 is 11.3 Å². The molecule has 0 radical (unpaired) electrons. The van der Waals surface area contributed by atoms with Gasteiger partial charge in [-0.25, -0.2) is 15.0 Å². The third-order valence-corrected chi connectivity index (χ3v) is 4.87. The van der Waals surface area contributed by atoms with Gasteiger partial charge in [-0.05, 0) is 44.0 Å². The topological polar surface area (TPSA) is 75.6 Å². The van der Waals surface area contributed by atoms with Crippen LogP contribution in [-0.2, 0) is 0 Å². The minimum atomic E-state index is 0.686. The van der Waals surface area contributed by atoms with Crippen molar-refractivity contribution in [1.29, 1.82) is 0 Å². The van der Waals surface area contributed by atoms with Crippen molar-refractivity contribution in [3.63, 3.8) is 0 Å². The molecular weight excluding hydrogens is 344 g/mol. The van der Waals surface area contributed by atoms with E-state index in [2.05, 4.69) is 57.6 Å². The van der Waals surface area contributed by atoms with Crippen LogP contribution in [0.15, 0.2) is 42.7 Å². The van der Waals surface area contributed by atoms with Crippen LogP contribution in [0.1, 0.15) is 17.0 Å². The number of aryl methyl sites for hydroxylation is 3. The second kappa shape index (κ2) is 6.68. The van der Waals surface area contributed by atoms with Gasteiger partial charge in [-0.1, -0.05) is 29.5 Å². The molecule has 0 fully saturated rings. The minimum Gasteiger partial charge on any atom is -0.337 e. The summed E-state index contributed by atoms with van der Waals surface area (Å²) in [4.78, 5) is 18.8. The molecule has 130 valence electrons. The summed E-state index contributed by atoms with van der Waals surface area (Å²) in [5.74, 6) is 1.39. The SMILES string of the molecule is Cc1nc(Nc2cccnc2)c2nc(Nc3c(C)cccc3C)sc2n1. The van der Waals surface area contributed by atoms with Gasteiger partial charge in [0.1, 0.15) is 11.3 Å². The minimum absolute atomic E-state index is 0.686. The lowest BCUT2D eigenvalue weighted by molar-refractivity contribution is 1.09. The maximum Gasteiger partial charge on any atom is 0.189 e. The second-order valence-corrected chi connectivity index (χ2v) is 7.03. The van der Waals surface area contributed by atoms with E-state index in [1.54, 1.807) is 12.4 Å². The number of rotatable bonds is 4. The number of nitrogens with zero attached hydrogens (tertiary/aromatic N) is 4. The standard InChI is InChI=1S/C19H18N6S/c1-11-6-4-7-12(2)15(11)24-19-25-16-17(21-13(3)22-18(16)26-19)23-14-8-5-9-20-10-14/h4-10H,1-3H3,(H,24,25)(H,21,22,23). The van der Waals surface area contributed by atoms with Gasteiger partial charge in [-0.15, -0.1) is 0 Å². The zero-order chi connectivity index (χ0) is 18.1. The Hall–Kier alpha value is -3.06. The molecule has 0 aliphatic heterocycles. The Labute approximate surface area is 155 Å². The number of pyridine rings is 1. The van der Waals surface area contributed by atoms with Gasteiger partial charge in [0, 0.05) is 11.9 Å². The molecule has 26 heavy (non-hydrogen) atoms. The molecule has 3 heterocycles. The van der Waals surface area contributed by atoms with Gasteiger partial charge in [0.25, 0.3) is 0 Å². The molecule has 7 heteroatoms. The second-order valence-electron chi connectivity index (χ2n) is 6.05. The van der Waals surface area contributed by atoms with Gasteiger partial charge in [-0.3, -0.25) is 4.98 Å². The van der Waals surface area contributed by atoms with Crippen molar-refractivity contribution in [2.24, 2.45) is 0 Å². The summed E-state index contributed by atoms with van der Waals surface area (Å²) in [6.45, 7) is 6.05. The molecule has 0 spiro atoms. The first-order valence-electron chi connectivity index (χ1n) is 8.25. The summed E-state index contributed by atoms with van der Waals surface area (Å²) in [5.41, 5.74) is 5.06. The van der Waals surface area contributed by atoms with E-state index >= 15 is 0 Å². The molecule has 0 aliphatic carbocycles. The Balaban J connectivity index is 1.74. The highest BCUT2D eigenvalue weighted by atomic mass is 32.1. The van der Waals surface area contributed by atoms with E-state index < -0.39 is 0 Å². The van der Waals surface area contributed by atoms with E-state index in [0.717, 1.165) is 26.9 Å². The number of para-hydroxylation sites is 1. The quantitative estimate of drug-likeness (QED) is 0.538. The number of benzene rings is 1. The first kappa shape index (κ1) is 16.4. The van der Waals surface area contributed by atoms with E-state index in [1.807, 2.05) is 19.1 Å². The van der Waals surface area contributed by atoms with E-state index in [1.165, 1.54) is 22.5 Å². The maximum atomic E-state index is 4.73. The van der Waals surface area contributed by atoms with Gasteiger partial charge in [0.05, 0.1) is 11.9 Å². The number of hydrogen-bond acceptors (Lipinski definition) is 7. The molecule has 0 atom stereocenters. The lowest BCUT2D eigenvalue weighted by atomic mass is 10.1. The van der Waals surface area contributed by atoms with E-state index in [9.17, 15) is 0 Å². The van der Waals surface area contributed by atoms with Crippen molar-refractivity contribution in [3.8, 4) is 0 Å². The van der Waals surface area contributed by atoms with Crippen molar-refractivity contribution in [1.82, 2.24) is 19.9 Å². The number of anilines is 4. The summed E-state index contributed by atoms with van der Waals surface area (Å²) in [7, 11) is 0. The number of hydrogen-bond donors (Lipinski definition) is 2. The zero-order valence-corrected chi connectivity index (χ0v) is 15.6. The maximum absolute atomic E-state index is 4.73. The molecule has 0 unspecified atom stereocenters. The van der Waals surface area contributed by atoms with Crippen LogP contribution in [0.5, 0.6) is 0 Å². The highest BCUT2D eigenvalue weighted by molar-refractivity contribution is 7.21. The van der Waals surface area contributed by atoms with Gasteiger partial charge >= 0.3 is 0 Å². The summed E-state index contributed by atoms with van der Waals surface area (Å²) in [6, 6.07) is 10.0. The van der Waals surface area contributed by atoms with Crippen LogP contribution in [0.3, 0.4) is 0 Å². The van der Waals surface area contributed by atoms with Crippen molar-refractivity contribution in [2.45, 2.75) is 20.8 Å². The molecule has 4 aromatic rings. The van der Waals surface area contributed by atoms with Crippen LogP contribution < -0.4 is 10.6 Å². The van der Waals surface area contributed by atoms with Crippen LogP contribution in [0.25, 0.3) is 10.3 Å². The Morgan fingerprint density at radius 1 is 0.885 bits per heavy atom. The normalized spacial score (nSPS) is 10.9. The fourth-order valence-corrected chi connectivity index (χ4v) is 3.65. The lowest BCUT2D eigenvalue weighted by Gasteiger charge is -2.09. The zero-order valence-electron chi connectivity index (χ0n) is 14.7. The van der Waals surface area contributed by atoms with Crippen LogP contribution in [-0.4, -0.2) is 19.9 Å².